The summed E-state index contributed by atoms with van der Waals surface area (Å²) in [5.74, 6) is 2.09. The average Bonchev–Trinajstić information content (AvgIpc) is 2.20. The van der Waals surface area contributed by atoms with Gasteiger partial charge in [0.25, 0.3) is 0 Å². The van der Waals surface area contributed by atoms with Gasteiger partial charge in [0.1, 0.15) is 0 Å². The van der Waals surface area contributed by atoms with Gasteiger partial charge in [-0.3, -0.25) is 0 Å². The van der Waals surface area contributed by atoms with Crippen LogP contribution in [-0.2, 0) is 0 Å². The number of amides is 2. The maximum absolute atomic E-state index is 10.8. The van der Waals surface area contributed by atoms with Crippen LogP contribution in [0.3, 0.4) is 0 Å². The lowest BCUT2D eigenvalue weighted by molar-refractivity contribution is 0.246. The minimum absolute atomic E-state index is 0.00667. The number of carbonyl (C=O) groups is 1. The molecule has 10 heavy (non-hydrogen) atoms. The van der Waals surface area contributed by atoms with Crippen molar-refractivity contribution in [1.29, 1.82) is 0 Å². The Morgan fingerprint density at radius 2 is 2.60 bits per heavy atom. The zero-order valence-electron chi connectivity index (χ0n) is 5.81. The molecule has 0 spiro atoms. The predicted octanol–water partition coefficient (Wildman–Crippen LogP) is 0.173. The summed E-state index contributed by atoms with van der Waals surface area (Å²) in [6.45, 7) is 2.09. The summed E-state index contributed by atoms with van der Waals surface area (Å²) in [6.07, 6.45) is 0. The zero-order chi connectivity index (χ0) is 7.19. The molecule has 0 aromatic rings. The molecule has 3 nitrogen and oxygen atoms in total. The van der Waals surface area contributed by atoms with Crippen LogP contribution in [0, 0.1) is 0 Å². The van der Waals surface area contributed by atoms with Gasteiger partial charge in [0.15, 0.2) is 0 Å². The molecule has 2 atom stereocenters. The van der Waals surface area contributed by atoms with Gasteiger partial charge in [-0.15, -0.1) is 0 Å². The number of nitrogens with one attached hydrogen (secondary N) is 2. The molecule has 0 radical (unpaired) electrons. The molecule has 2 amide bonds. The van der Waals surface area contributed by atoms with Crippen LogP contribution in [-0.4, -0.2) is 29.1 Å². The molecule has 2 N–H and O–H groups in total. The predicted molar refractivity (Wildman–Crippen MR) is 41.2 cm³/mol. The molecule has 2 rings (SSSR count). The van der Waals surface area contributed by atoms with Crippen molar-refractivity contribution in [3.63, 3.8) is 0 Å². The molecule has 2 aliphatic rings. The Kier molecular flexibility index (Phi) is 1.15. The van der Waals surface area contributed by atoms with Gasteiger partial charge < -0.3 is 10.6 Å². The smallest absolute Gasteiger partial charge is 0.315 e. The Morgan fingerprint density at radius 1 is 1.80 bits per heavy atom. The van der Waals surface area contributed by atoms with Crippen LogP contribution in [0.25, 0.3) is 0 Å². The van der Waals surface area contributed by atoms with E-state index in [0.29, 0.717) is 6.04 Å². The standard InChI is InChI=1S/C6H10N2OS/c1-6-3-10-2-4(6)7-5(9)8-6/h4H,2-3H2,1H3,(H2,7,8,9)/t4-,6?/m0/s1. The summed E-state index contributed by atoms with van der Waals surface area (Å²) < 4.78 is 0. The van der Waals surface area contributed by atoms with E-state index in [9.17, 15) is 4.79 Å². The van der Waals surface area contributed by atoms with Crippen molar-refractivity contribution in [2.75, 3.05) is 11.5 Å². The maximum Gasteiger partial charge on any atom is 0.315 e. The Bertz CT molecular complexity index is 185. The molecule has 0 aliphatic carbocycles. The summed E-state index contributed by atoms with van der Waals surface area (Å²) in [5, 5.41) is 5.81. The van der Waals surface area contributed by atoms with Crippen molar-refractivity contribution in [3.05, 3.63) is 0 Å². The number of thioether (sulfide) groups is 1. The van der Waals surface area contributed by atoms with Crippen LogP contribution in [0.1, 0.15) is 6.92 Å². The molecule has 0 aromatic carbocycles. The molecule has 2 saturated heterocycles. The minimum atomic E-state index is -0.00667. The lowest BCUT2D eigenvalue weighted by Gasteiger charge is -2.20. The van der Waals surface area contributed by atoms with Crippen LogP contribution < -0.4 is 10.6 Å². The van der Waals surface area contributed by atoms with Crippen molar-refractivity contribution in [2.45, 2.75) is 18.5 Å². The van der Waals surface area contributed by atoms with Gasteiger partial charge in [-0.1, -0.05) is 0 Å². The lowest BCUT2D eigenvalue weighted by Crippen LogP contribution is -2.45. The van der Waals surface area contributed by atoms with Crippen molar-refractivity contribution >= 4 is 17.8 Å². The normalized spacial score (nSPS) is 44.5. The second-order valence-electron chi connectivity index (χ2n) is 3.08. The molecule has 0 aromatic heterocycles. The lowest BCUT2D eigenvalue weighted by atomic mass is 9.99. The number of fused-ring (bicyclic) bond motifs is 1. The van der Waals surface area contributed by atoms with E-state index in [1.54, 1.807) is 0 Å². The van der Waals surface area contributed by atoms with Crippen LogP contribution >= 0.6 is 11.8 Å². The first kappa shape index (κ1) is 6.34. The molecule has 2 aliphatic heterocycles. The summed E-state index contributed by atoms with van der Waals surface area (Å²) in [6, 6.07) is 0.345. The van der Waals surface area contributed by atoms with Gasteiger partial charge >= 0.3 is 6.03 Å². The molecule has 2 fully saturated rings. The third-order valence-electron chi connectivity index (χ3n) is 2.16. The van der Waals surface area contributed by atoms with Gasteiger partial charge in [0.05, 0.1) is 11.6 Å². The number of rotatable bonds is 0. The third-order valence-corrected chi connectivity index (χ3v) is 3.53. The van der Waals surface area contributed by atoms with E-state index < -0.39 is 0 Å². The van der Waals surface area contributed by atoms with Crippen LogP contribution in [0.4, 0.5) is 4.79 Å². The second kappa shape index (κ2) is 1.81. The van der Waals surface area contributed by atoms with Gasteiger partial charge in [-0.2, -0.15) is 11.8 Å². The highest BCUT2D eigenvalue weighted by atomic mass is 32.2. The van der Waals surface area contributed by atoms with E-state index in [1.807, 2.05) is 11.8 Å². The Hall–Kier alpha value is -0.380. The first-order chi connectivity index (χ1) is 4.71. The highest BCUT2D eigenvalue weighted by Crippen LogP contribution is 2.30. The first-order valence-electron chi connectivity index (χ1n) is 3.37. The number of urea groups is 1. The van der Waals surface area contributed by atoms with E-state index in [4.69, 9.17) is 0 Å². The van der Waals surface area contributed by atoms with E-state index >= 15 is 0 Å². The van der Waals surface area contributed by atoms with E-state index in [0.717, 1.165) is 11.5 Å². The zero-order valence-corrected chi connectivity index (χ0v) is 6.62. The minimum Gasteiger partial charge on any atom is -0.332 e. The topological polar surface area (TPSA) is 41.1 Å². The summed E-state index contributed by atoms with van der Waals surface area (Å²) >= 11 is 1.89. The van der Waals surface area contributed by atoms with Crippen molar-refractivity contribution < 1.29 is 4.79 Å². The van der Waals surface area contributed by atoms with Crippen LogP contribution in [0.15, 0.2) is 0 Å². The maximum atomic E-state index is 10.8. The van der Waals surface area contributed by atoms with Crippen LogP contribution in [0.5, 0.6) is 0 Å². The van der Waals surface area contributed by atoms with E-state index in [-0.39, 0.29) is 11.6 Å². The highest BCUT2D eigenvalue weighted by molar-refractivity contribution is 7.99. The van der Waals surface area contributed by atoms with E-state index in [2.05, 4.69) is 17.6 Å². The van der Waals surface area contributed by atoms with Gasteiger partial charge in [0.2, 0.25) is 0 Å². The summed E-state index contributed by atoms with van der Waals surface area (Å²) in [4.78, 5) is 10.8. The number of hydrogen-bond donors (Lipinski definition) is 2. The summed E-state index contributed by atoms with van der Waals surface area (Å²) in [7, 11) is 0. The monoisotopic (exact) mass is 158 g/mol. The van der Waals surface area contributed by atoms with Crippen molar-refractivity contribution in [1.82, 2.24) is 10.6 Å². The number of hydrogen-bond acceptors (Lipinski definition) is 2. The summed E-state index contributed by atoms with van der Waals surface area (Å²) in [5.41, 5.74) is 0.0295. The quantitative estimate of drug-likeness (QED) is 0.493. The molecule has 0 saturated carbocycles. The van der Waals surface area contributed by atoms with Gasteiger partial charge in [0, 0.05) is 11.5 Å². The molecular weight excluding hydrogens is 148 g/mol. The van der Waals surface area contributed by atoms with Crippen LogP contribution in [0.2, 0.25) is 0 Å². The molecule has 56 valence electrons. The Labute approximate surface area is 63.9 Å². The largest absolute Gasteiger partial charge is 0.332 e. The van der Waals surface area contributed by atoms with Crippen molar-refractivity contribution in [3.8, 4) is 0 Å². The first-order valence-corrected chi connectivity index (χ1v) is 4.53. The Balaban J connectivity index is 2.22. The molecule has 0 bridgehead atoms. The Morgan fingerprint density at radius 3 is 3.30 bits per heavy atom. The van der Waals surface area contributed by atoms with Gasteiger partial charge in [-0.25, -0.2) is 4.79 Å². The molecule has 1 unspecified atom stereocenters. The average molecular weight is 158 g/mol. The fraction of sp³-hybridized carbons (Fsp3) is 0.833. The van der Waals surface area contributed by atoms with E-state index in [1.165, 1.54) is 0 Å². The van der Waals surface area contributed by atoms with Gasteiger partial charge in [-0.05, 0) is 6.92 Å². The molecule has 4 heteroatoms. The SMILES string of the molecule is CC12CSC[C@@H]1NC(=O)N2. The molecule has 2 heterocycles. The highest BCUT2D eigenvalue weighted by Gasteiger charge is 2.46. The number of carbonyl (C=O) groups excluding carboxylic acids is 1. The third kappa shape index (κ3) is 0.714. The fourth-order valence-electron chi connectivity index (χ4n) is 1.45. The van der Waals surface area contributed by atoms with Crippen molar-refractivity contribution in [2.24, 2.45) is 0 Å². The second-order valence-corrected chi connectivity index (χ2v) is 4.11. The fourth-order valence-corrected chi connectivity index (χ4v) is 2.95. The molecular formula is C6H10N2OS.